The second-order valence-electron chi connectivity index (χ2n) is 7.87. The van der Waals surface area contributed by atoms with Gasteiger partial charge < -0.3 is 15.3 Å². The molecule has 5 nitrogen and oxygen atoms in total. The average Bonchev–Trinajstić information content (AvgIpc) is 2.67. The maximum Gasteiger partial charge on any atom is 0.257 e. The molecule has 1 saturated heterocycles. The number of carbonyl (C=O) groups excluding carboxylic acids is 2. The van der Waals surface area contributed by atoms with Crippen LogP contribution in [0.25, 0.3) is 0 Å². The fourth-order valence-electron chi connectivity index (χ4n) is 3.54. The molecule has 5 heteroatoms. The van der Waals surface area contributed by atoms with Crippen molar-refractivity contribution in [3.8, 4) is 5.75 Å². The van der Waals surface area contributed by atoms with E-state index in [0.717, 1.165) is 31.2 Å². The van der Waals surface area contributed by atoms with Crippen LogP contribution in [0.1, 0.15) is 81.1 Å². The lowest BCUT2D eigenvalue weighted by Gasteiger charge is -2.32. The van der Waals surface area contributed by atoms with Crippen LogP contribution in [-0.2, 0) is 4.79 Å². The van der Waals surface area contributed by atoms with E-state index in [4.69, 9.17) is 0 Å². The van der Waals surface area contributed by atoms with Gasteiger partial charge in [-0.25, -0.2) is 0 Å². The maximum atomic E-state index is 12.8. The first kappa shape index (κ1) is 21.3. The highest BCUT2D eigenvalue weighted by Crippen LogP contribution is 2.26. The van der Waals surface area contributed by atoms with E-state index >= 15 is 0 Å². The van der Waals surface area contributed by atoms with Gasteiger partial charge in [-0.2, -0.15) is 0 Å². The zero-order valence-corrected chi connectivity index (χ0v) is 17.0. The number of phenols is 1. The van der Waals surface area contributed by atoms with Gasteiger partial charge in [-0.3, -0.25) is 9.59 Å². The predicted octanol–water partition coefficient (Wildman–Crippen LogP) is 4.06. The van der Waals surface area contributed by atoms with Crippen molar-refractivity contribution in [2.75, 3.05) is 19.6 Å². The third kappa shape index (κ3) is 5.98. The summed E-state index contributed by atoms with van der Waals surface area (Å²) in [6, 6.07) is 5.26. The van der Waals surface area contributed by atoms with Gasteiger partial charge in [-0.15, -0.1) is 0 Å². The quantitative estimate of drug-likeness (QED) is 0.674. The van der Waals surface area contributed by atoms with Crippen LogP contribution in [0.2, 0.25) is 0 Å². The molecule has 1 aromatic rings. The van der Waals surface area contributed by atoms with E-state index in [-0.39, 0.29) is 23.5 Å². The van der Waals surface area contributed by atoms with Crippen LogP contribution in [-0.4, -0.2) is 41.5 Å². The molecule has 150 valence electrons. The zero-order valence-electron chi connectivity index (χ0n) is 17.0. The molecule has 0 radical (unpaired) electrons. The van der Waals surface area contributed by atoms with Crippen molar-refractivity contribution in [1.29, 1.82) is 0 Å². The number of phenolic OH excluding ortho intramolecular Hbond substituents is 1. The number of piperidine rings is 1. The summed E-state index contributed by atoms with van der Waals surface area (Å²) in [5, 5.41) is 13.3. The summed E-state index contributed by atoms with van der Waals surface area (Å²) in [6.07, 6.45) is 6.13. The Hall–Kier alpha value is -2.04. The number of nitrogens with zero attached hydrogens (tertiary/aromatic N) is 1. The lowest BCUT2D eigenvalue weighted by Crippen LogP contribution is -2.45. The summed E-state index contributed by atoms with van der Waals surface area (Å²) in [4.78, 5) is 27.0. The largest absolute Gasteiger partial charge is 0.507 e. The molecular formula is C22H34N2O3. The molecule has 1 heterocycles. The first-order valence-electron chi connectivity index (χ1n) is 10.3. The Bertz CT molecular complexity index is 642. The lowest BCUT2D eigenvalue weighted by molar-refractivity contribution is -0.126. The summed E-state index contributed by atoms with van der Waals surface area (Å²) in [7, 11) is 0. The van der Waals surface area contributed by atoms with Gasteiger partial charge in [0.2, 0.25) is 5.91 Å². The molecule has 0 spiro atoms. The Morgan fingerprint density at radius 1 is 1.26 bits per heavy atom. The van der Waals surface area contributed by atoms with Gasteiger partial charge in [0.05, 0.1) is 11.5 Å². The van der Waals surface area contributed by atoms with Gasteiger partial charge >= 0.3 is 0 Å². The molecule has 0 saturated carbocycles. The second kappa shape index (κ2) is 10.3. The van der Waals surface area contributed by atoms with Crippen LogP contribution in [0.5, 0.6) is 5.75 Å². The molecule has 0 aromatic heterocycles. The van der Waals surface area contributed by atoms with Crippen LogP contribution >= 0.6 is 0 Å². The van der Waals surface area contributed by atoms with Crippen molar-refractivity contribution in [2.24, 2.45) is 5.92 Å². The number of hydrogen-bond donors (Lipinski definition) is 2. The van der Waals surface area contributed by atoms with Crippen molar-refractivity contribution in [3.05, 3.63) is 29.3 Å². The van der Waals surface area contributed by atoms with Crippen molar-refractivity contribution < 1.29 is 14.7 Å². The highest BCUT2D eigenvalue weighted by Gasteiger charge is 2.29. The highest BCUT2D eigenvalue weighted by atomic mass is 16.3. The average molecular weight is 375 g/mol. The SMILES string of the molecule is CCCCCCNC(=O)C1CCCN(C(=O)c2ccc(C(C)C)cc2O)C1. The van der Waals surface area contributed by atoms with Crippen LogP contribution < -0.4 is 5.32 Å². The van der Waals surface area contributed by atoms with Gasteiger partial charge in [0.1, 0.15) is 5.75 Å². The molecule has 2 rings (SSSR count). The van der Waals surface area contributed by atoms with Crippen LogP contribution in [0.3, 0.4) is 0 Å². The van der Waals surface area contributed by atoms with E-state index in [1.807, 2.05) is 19.9 Å². The van der Waals surface area contributed by atoms with E-state index in [2.05, 4.69) is 12.2 Å². The number of hydrogen-bond acceptors (Lipinski definition) is 3. The fourth-order valence-corrected chi connectivity index (χ4v) is 3.54. The molecule has 2 N–H and O–H groups in total. The van der Waals surface area contributed by atoms with E-state index in [1.165, 1.54) is 12.8 Å². The van der Waals surface area contributed by atoms with E-state index in [9.17, 15) is 14.7 Å². The van der Waals surface area contributed by atoms with Crippen molar-refractivity contribution >= 4 is 11.8 Å². The second-order valence-corrected chi connectivity index (χ2v) is 7.87. The van der Waals surface area contributed by atoms with Crippen LogP contribution in [0.4, 0.5) is 0 Å². The number of carbonyl (C=O) groups is 2. The fraction of sp³-hybridized carbons (Fsp3) is 0.636. The molecule has 1 aliphatic rings. The number of likely N-dealkylation sites (tertiary alicyclic amines) is 1. The highest BCUT2D eigenvalue weighted by molar-refractivity contribution is 5.97. The molecule has 1 unspecified atom stereocenters. The number of benzene rings is 1. The summed E-state index contributed by atoms with van der Waals surface area (Å²) in [6.45, 7) is 8.02. The zero-order chi connectivity index (χ0) is 19.8. The molecule has 1 fully saturated rings. The minimum Gasteiger partial charge on any atom is -0.507 e. The summed E-state index contributed by atoms with van der Waals surface area (Å²) in [5.74, 6) is 0.00623. The van der Waals surface area contributed by atoms with E-state index in [0.29, 0.717) is 31.1 Å². The monoisotopic (exact) mass is 374 g/mol. The van der Waals surface area contributed by atoms with Gasteiger partial charge in [0.15, 0.2) is 0 Å². The molecule has 1 aliphatic heterocycles. The van der Waals surface area contributed by atoms with E-state index in [1.54, 1.807) is 17.0 Å². The van der Waals surface area contributed by atoms with Crippen molar-refractivity contribution in [1.82, 2.24) is 10.2 Å². The summed E-state index contributed by atoms with van der Waals surface area (Å²) >= 11 is 0. The normalized spacial score (nSPS) is 17.2. The molecule has 27 heavy (non-hydrogen) atoms. The third-order valence-electron chi connectivity index (χ3n) is 5.33. The topological polar surface area (TPSA) is 69.6 Å². The van der Waals surface area contributed by atoms with Gasteiger partial charge in [0.25, 0.3) is 5.91 Å². The number of rotatable bonds is 8. The number of unbranched alkanes of at least 4 members (excludes halogenated alkanes) is 3. The summed E-state index contributed by atoms with van der Waals surface area (Å²) in [5.41, 5.74) is 1.32. The van der Waals surface area contributed by atoms with Gasteiger partial charge in [-0.05, 0) is 42.9 Å². The molecule has 1 aromatic carbocycles. The Morgan fingerprint density at radius 2 is 2.04 bits per heavy atom. The molecule has 0 bridgehead atoms. The predicted molar refractivity (Wildman–Crippen MR) is 108 cm³/mol. The number of nitrogens with one attached hydrogen (secondary N) is 1. The Morgan fingerprint density at radius 3 is 2.70 bits per heavy atom. The molecular weight excluding hydrogens is 340 g/mol. The van der Waals surface area contributed by atoms with Crippen LogP contribution in [0.15, 0.2) is 18.2 Å². The molecule has 0 aliphatic carbocycles. The first-order chi connectivity index (χ1) is 12.9. The van der Waals surface area contributed by atoms with Crippen molar-refractivity contribution in [3.63, 3.8) is 0 Å². The summed E-state index contributed by atoms with van der Waals surface area (Å²) < 4.78 is 0. The third-order valence-corrected chi connectivity index (χ3v) is 5.33. The van der Waals surface area contributed by atoms with Gasteiger partial charge in [0, 0.05) is 19.6 Å². The lowest BCUT2D eigenvalue weighted by atomic mass is 9.95. The maximum absolute atomic E-state index is 12.8. The Kier molecular flexibility index (Phi) is 8.14. The number of amides is 2. The van der Waals surface area contributed by atoms with Gasteiger partial charge in [-0.1, -0.05) is 46.1 Å². The Labute approximate surface area is 163 Å². The Balaban J connectivity index is 1.93. The standard InChI is InChI=1S/C22H34N2O3/c1-4-5-6-7-12-23-21(26)18-9-8-13-24(15-18)22(27)19-11-10-17(16(2)3)14-20(19)25/h10-11,14,16,18,25H,4-9,12-13,15H2,1-3H3,(H,23,26). The van der Waals surface area contributed by atoms with Crippen LogP contribution in [0, 0.1) is 5.92 Å². The van der Waals surface area contributed by atoms with E-state index < -0.39 is 0 Å². The van der Waals surface area contributed by atoms with Crippen molar-refractivity contribution in [2.45, 2.75) is 65.2 Å². The molecule has 1 atom stereocenters. The first-order valence-corrected chi connectivity index (χ1v) is 10.3. The molecule has 2 amide bonds. The minimum atomic E-state index is -0.191. The minimum absolute atomic E-state index is 0.0219. The number of aromatic hydroxyl groups is 1. The smallest absolute Gasteiger partial charge is 0.257 e.